The van der Waals surface area contributed by atoms with Gasteiger partial charge in [-0.05, 0) is 0 Å². The second-order valence-corrected chi connectivity index (χ2v) is 17.8. The van der Waals surface area contributed by atoms with Gasteiger partial charge in [0.2, 0.25) is 0 Å². The Morgan fingerprint density at radius 1 is 0.733 bits per heavy atom. The van der Waals surface area contributed by atoms with Crippen molar-refractivity contribution in [1.82, 2.24) is 0 Å². The first-order valence-electron chi connectivity index (χ1n) is 10.7. The molecule has 1 heterocycles. The molecular formula is C26H30Cl2SiZr. The molecule has 0 saturated carbocycles. The van der Waals surface area contributed by atoms with E-state index in [4.69, 9.17) is 0 Å². The van der Waals surface area contributed by atoms with Crippen LogP contribution in [0.25, 0.3) is 10.4 Å². The third-order valence-electron chi connectivity index (χ3n) is 7.91. The Morgan fingerprint density at radius 3 is 1.50 bits per heavy atom. The van der Waals surface area contributed by atoms with Crippen molar-refractivity contribution < 1.29 is 48.0 Å². The van der Waals surface area contributed by atoms with Crippen LogP contribution in [0.15, 0.2) is 47.5 Å². The maximum absolute atomic E-state index is 2.70. The van der Waals surface area contributed by atoms with Gasteiger partial charge in [0.15, 0.2) is 0 Å². The molecule has 0 amide bonds. The molecule has 4 bridgehead atoms. The van der Waals surface area contributed by atoms with Crippen molar-refractivity contribution in [2.75, 3.05) is 0 Å². The zero-order chi connectivity index (χ0) is 20.0. The Bertz CT molecular complexity index is 1020. The number of rotatable bonds is 1. The largest absolute Gasteiger partial charge is 1.00 e. The van der Waals surface area contributed by atoms with Gasteiger partial charge < -0.3 is 24.8 Å². The minimum atomic E-state index is -1.88. The predicted octanol–water partition coefficient (Wildman–Crippen LogP) is 1.33. The molecule has 0 saturated heterocycles. The van der Waals surface area contributed by atoms with E-state index in [-0.39, 0.29) is 24.8 Å². The number of fused-ring (bicyclic) bond motifs is 8. The summed E-state index contributed by atoms with van der Waals surface area (Å²) in [6.45, 7) is 17.4. The third kappa shape index (κ3) is 2.93. The van der Waals surface area contributed by atoms with E-state index in [0.29, 0.717) is 5.54 Å². The van der Waals surface area contributed by atoms with Gasteiger partial charge in [0.05, 0.1) is 0 Å². The summed E-state index contributed by atoms with van der Waals surface area (Å²) >= 11 is -0.703. The summed E-state index contributed by atoms with van der Waals surface area (Å²) < 4.78 is 1.51. The van der Waals surface area contributed by atoms with E-state index in [1.165, 1.54) is 11.1 Å². The number of halogens is 2. The molecule has 3 aliphatic rings. The molecule has 2 aliphatic carbocycles. The molecule has 30 heavy (non-hydrogen) atoms. The number of benzene rings is 2. The van der Waals surface area contributed by atoms with Crippen LogP contribution >= 0.6 is 0 Å². The van der Waals surface area contributed by atoms with Gasteiger partial charge in [-0.1, -0.05) is 0 Å². The average molecular weight is 533 g/mol. The smallest absolute Gasteiger partial charge is 1.00 e. The standard InChI is InChI=1S/C26H30Si.2ClH.Zr/c1-16(2)27(7,25-19(5)14-21-12-8-10-17(3)23(21)25)26-20(6)15-22-13-9-11-18(4)24(22)26;;;/h8-16H,1-7H3;2*1H;/q;;;+2/p-2. The molecule has 2 unspecified atom stereocenters. The van der Waals surface area contributed by atoms with Crippen LogP contribution in [-0.2, 0) is 23.2 Å². The zero-order valence-corrected chi connectivity index (χ0v) is 23.9. The van der Waals surface area contributed by atoms with E-state index in [9.17, 15) is 0 Å². The molecule has 0 N–H and O–H groups in total. The van der Waals surface area contributed by atoms with E-state index < -0.39 is 31.3 Å². The molecule has 156 valence electrons. The van der Waals surface area contributed by atoms with Gasteiger partial charge in [-0.3, -0.25) is 0 Å². The second kappa shape index (κ2) is 8.18. The average Bonchev–Trinajstić information content (AvgIpc) is 3.11. The molecular weight excluding hydrogens is 503 g/mol. The van der Waals surface area contributed by atoms with Crippen molar-refractivity contribution in [3.8, 4) is 0 Å². The molecule has 2 aromatic rings. The third-order valence-corrected chi connectivity index (χ3v) is 18.9. The molecule has 0 radical (unpaired) electrons. The van der Waals surface area contributed by atoms with Gasteiger partial charge in [0.1, 0.15) is 0 Å². The first-order chi connectivity index (χ1) is 13.3. The number of hydrogen-bond donors (Lipinski definition) is 0. The summed E-state index contributed by atoms with van der Waals surface area (Å²) in [5, 5.41) is 3.62. The Hall–Kier alpha value is -0.400. The van der Waals surface area contributed by atoms with Crippen LogP contribution in [0.3, 0.4) is 0 Å². The van der Waals surface area contributed by atoms with Crippen molar-refractivity contribution in [1.29, 1.82) is 0 Å². The van der Waals surface area contributed by atoms with Gasteiger partial charge in [-0.15, -0.1) is 0 Å². The first-order valence-corrected chi connectivity index (χ1v) is 16.1. The van der Waals surface area contributed by atoms with E-state index in [1.54, 1.807) is 33.4 Å². The number of allylic oxidation sites excluding steroid dienone is 2. The number of aryl methyl sites for hydroxylation is 2. The summed E-state index contributed by atoms with van der Waals surface area (Å²) in [5.74, 6) is 0. The topological polar surface area (TPSA) is 0 Å². The van der Waals surface area contributed by atoms with E-state index in [1.807, 2.05) is 10.4 Å². The van der Waals surface area contributed by atoms with Crippen molar-refractivity contribution in [2.24, 2.45) is 0 Å². The molecule has 2 atom stereocenters. The summed E-state index contributed by atoms with van der Waals surface area (Å²) in [6, 6.07) is 14.3. The first kappa shape index (κ1) is 24.2. The SMILES string of the molecule is CC1=C2c3c(C)cccc3[CH]1[Zr+2][CH]1C(C)=C(c3c(C)cccc31)[Si]2(C)C(C)C.[Cl-].[Cl-]. The summed E-state index contributed by atoms with van der Waals surface area (Å²) in [4.78, 5) is 0. The van der Waals surface area contributed by atoms with Gasteiger partial charge >= 0.3 is 184 Å². The van der Waals surface area contributed by atoms with Crippen LogP contribution in [0.1, 0.15) is 68.3 Å². The minimum Gasteiger partial charge on any atom is -1.00 e. The van der Waals surface area contributed by atoms with Gasteiger partial charge in [0, 0.05) is 0 Å². The summed E-state index contributed by atoms with van der Waals surface area (Å²) in [6.07, 6.45) is 0. The zero-order valence-electron chi connectivity index (χ0n) is 19.0. The molecule has 0 spiro atoms. The van der Waals surface area contributed by atoms with Crippen LogP contribution in [-0.4, -0.2) is 8.07 Å². The van der Waals surface area contributed by atoms with Gasteiger partial charge in [-0.2, -0.15) is 0 Å². The molecule has 5 rings (SSSR count). The summed E-state index contributed by atoms with van der Waals surface area (Å²) in [5.41, 5.74) is 13.9. The van der Waals surface area contributed by atoms with E-state index in [2.05, 4.69) is 84.5 Å². The monoisotopic (exact) mass is 530 g/mol. The molecule has 1 aliphatic heterocycles. The molecule has 2 aromatic carbocycles. The Kier molecular flexibility index (Phi) is 6.61. The molecule has 0 fully saturated rings. The van der Waals surface area contributed by atoms with Crippen LogP contribution in [0, 0.1) is 13.8 Å². The van der Waals surface area contributed by atoms with E-state index in [0.717, 1.165) is 7.25 Å². The normalized spacial score (nSPS) is 25.5. The van der Waals surface area contributed by atoms with Crippen LogP contribution in [0.2, 0.25) is 12.1 Å². The molecule has 0 aromatic heterocycles. The van der Waals surface area contributed by atoms with Crippen molar-refractivity contribution in [3.63, 3.8) is 0 Å². The fraction of sp³-hybridized carbons (Fsp3) is 0.385. The maximum Gasteiger partial charge on any atom is -1.00 e. The quantitative estimate of drug-likeness (QED) is 0.487. The molecule has 0 nitrogen and oxygen atoms in total. The minimum absolute atomic E-state index is 0. The molecule has 4 heteroatoms. The Labute approximate surface area is 207 Å². The number of hydrogen-bond acceptors (Lipinski definition) is 0. The van der Waals surface area contributed by atoms with Crippen molar-refractivity contribution in [2.45, 2.75) is 60.9 Å². The maximum atomic E-state index is 2.70. The fourth-order valence-electron chi connectivity index (χ4n) is 6.33. The van der Waals surface area contributed by atoms with Gasteiger partial charge in [0.25, 0.3) is 0 Å². The Morgan fingerprint density at radius 2 is 1.13 bits per heavy atom. The predicted molar refractivity (Wildman–Crippen MR) is 120 cm³/mol. The van der Waals surface area contributed by atoms with Crippen LogP contribution in [0.4, 0.5) is 0 Å². The van der Waals surface area contributed by atoms with Crippen molar-refractivity contribution >= 4 is 18.5 Å². The Balaban J connectivity index is 0.00000128. The fourth-order valence-corrected chi connectivity index (χ4v) is 16.9. The summed E-state index contributed by atoms with van der Waals surface area (Å²) in [7, 11) is -1.88. The van der Waals surface area contributed by atoms with Crippen LogP contribution in [0.5, 0.6) is 0 Å². The van der Waals surface area contributed by atoms with Crippen molar-refractivity contribution in [3.05, 3.63) is 80.9 Å². The van der Waals surface area contributed by atoms with Gasteiger partial charge in [-0.25, -0.2) is 0 Å². The second-order valence-electron chi connectivity index (χ2n) is 9.58. The van der Waals surface area contributed by atoms with Crippen LogP contribution < -0.4 is 24.8 Å². The van der Waals surface area contributed by atoms with E-state index >= 15 is 0 Å².